The highest BCUT2D eigenvalue weighted by Crippen LogP contribution is 2.61. The number of amides is 1. The number of aryl methyl sites for hydroxylation is 1. The van der Waals surface area contributed by atoms with Gasteiger partial charge in [0.15, 0.2) is 11.9 Å². The van der Waals surface area contributed by atoms with E-state index in [1.165, 1.54) is 0 Å². The molecular formula is C22H22Cl2N2O5P+. The van der Waals surface area contributed by atoms with Gasteiger partial charge in [-0.05, 0) is 42.3 Å². The Balaban J connectivity index is 1.32. The van der Waals surface area contributed by atoms with Gasteiger partial charge in [-0.2, -0.15) is 13.9 Å². The lowest BCUT2D eigenvalue weighted by Gasteiger charge is -2.21. The number of nitrogens with zero attached hydrogens (tertiary/aromatic N) is 1. The summed E-state index contributed by atoms with van der Waals surface area (Å²) in [6, 6.07) is 12.4. The number of rotatable bonds is 7. The Morgan fingerprint density at radius 1 is 1.09 bits per heavy atom. The van der Waals surface area contributed by atoms with Crippen molar-refractivity contribution in [3.63, 3.8) is 0 Å². The number of hydrogen-bond acceptors (Lipinski definition) is 6. The molecule has 7 nitrogen and oxygen atoms in total. The zero-order chi connectivity index (χ0) is 22.6. The number of halogens is 2. The maximum Gasteiger partial charge on any atom is 0.413 e. The SMILES string of the molecule is O=C(CCc1cnoc1-c1cc(Cl)cc(Cl)c1)Nc1ccc(C[P+]2(O)OCCCO2)cc1. The summed E-state index contributed by atoms with van der Waals surface area (Å²) in [5.74, 6) is 0.402. The first kappa shape index (κ1) is 23.2. The Labute approximate surface area is 196 Å². The molecule has 1 aliphatic heterocycles. The van der Waals surface area contributed by atoms with Crippen molar-refractivity contribution in [2.45, 2.75) is 25.4 Å². The molecule has 10 heteroatoms. The highest BCUT2D eigenvalue weighted by atomic mass is 35.5. The van der Waals surface area contributed by atoms with Crippen molar-refractivity contribution in [3.8, 4) is 11.3 Å². The second kappa shape index (κ2) is 10.3. The number of benzene rings is 2. The van der Waals surface area contributed by atoms with Crippen LogP contribution in [0.4, 0.5) is 5.69 Å². The van der Waals surface area contributed by atoms with Crippen molar-refractivity contribution in [3.05, 3.63) is 69.8 Å². The van der Waals surface area contributed by atoms with E-state index in [1.54, 1.807) is 36.5 Å². The van der Waals surface area contributed by atoms with Crippen LogP contribution in [0.25, 0.3) is 11.3 Å². The molecule has 0 bridgehead atoms. The van der Waals surface area contributed by atoms with Crippen molar-refractivity contribution in [1.82, 2.24) is 5.16 Å². The van der Waals surface area contributed by atoms with Gasteiger partial charge in [0.05, 0.1) is 19.4 Å². The third-order valence-corrected chi connectivity index (χ3v) is 7.26. The van der Waals surface area contributed by atoms with Gasteiger partial charge in [-0.3, -0.25) is 4.79 Å². The molecule has 0 radical (unpaired) electrons. The van der Waals surface area contributed by atoms with Crippen molar-refractivity contribution in [1.29, 1.82) is 0 Å². The molecule has 1 fully saturated rings. The second-order valence-corrected chi connectivity index (χ2v) is 10.4. The van der Waals surface area contributed by atoms with Gasteiger partial charge in [-0.1, -0.05) is 40.5 Å². The summed E-state index contributed by atoms with van der Waals surface area (Å²) in [5.41, 5.74) is 3.05. The van der Waals surface area contributed by atoms with Gasteiger partial charge in [-0.15, -0.1) is 0 Å². The number of aromatic nitrogens is 1. The molecule has 0 aliphatic carbocycles. The molecule has 1 amide bonds. The lowest BCUT2D eigenvalue weighted by molar-refractivity contribution is -0.116. The molecular weight excluding hydrogens is 474 g/mol. The first-order chi connectivity index (χ1) is 15.4. The van der Waals surface area contributed by atoms with Gasteiger partial charge in [0.25, 0.3) is 0 Å². The topological polar surface area (TPSA) is 93.8 Å². The monoisotopic (exact) mass is 495 g/mol. The van der Waals surface area contributed by atoms with Crippen LogP contribution < -0.4 is 5.32 Å². The summed E-state index contributed by atoms with van der Waals surface area (Å²) in [6.07, 6.45) is 3.40. The molecule has 0 spiro atoms. The number of nitrogens with one attached hydrogen (secondary N) is 1. The standard InChI is InChI=1S/C22H21Cl2N2O5P/c23-18-10-17(11-19(24)12-18)22-16(13-25-31-22)4-7-21(27)26-20-5-2-15(3-6-20)14-32(28)29-8-1-9-30-32/h2-3,5-6,10-13,28H,1,4,7-9,14H2/p+1. The van der Waals surface area contributed by atoms with Crippen LogP contribution in [0.5, 0.6) is 0 Å². The van der Waals surface area contributed by atoms with Gasteiger partial charge in [0.2, 0.25) is 5.91 Å². The summed E-state index contributed by atoms with van der Waals surface area (Å²) in [7, 11) is -2.82. The largest absolute Gasteiger partial charge is 0.413 e. The van der Waals surface area contributed by atoms with Crippen LogP contribution in [0.2, 0.25) is 10.0 Å². The zero-order valence-corrected chi connectivity index (χ0v) is 19.5. The fraction of sp³-hybridized carbons (Fsp3) is 0.273. The van der Waals surface area contributed by atoms with Crippen LogP contribution in [0.1, 0.15) is 24.0 Å². The summed E-state index contributed by atoms with van der Waals surface area (Å²) >= 11 is 12.1. The van der Waals surface area contributed by atoms with Crippen molar-refractivity contribution < 1.29 is 23.3 Å². The Kier molecular flexibility index (Phi) is 7.46. The Morgan fingerprint density at radius 2 is 1.78 bits per heavy atom. The average molecular weight is 496 g/mol. The normalized spacial score (nSPS) is 15.5. The third-order valence-electron chi connectivity index (χ3n) is 4.89. The molecule has 32 heavy (non-hydrogen) atoms. The van der Waals surface area contributed by atoms with Crippen molar-refractivity contribution >= 4 is 42.7 Å². The first-order valence-corrected chi connectivity index (χ1v) is 12.6. The van der Waals surface area contributed by atoms with Crippen LogP contribution in [-0.2, 0) is 26.4 Å². The van der Waals surface area contributed by atoms with E-state index in [0.717, 1.165) is 17.5 Å². The predicted molar refractivity (Wildman–Crippen MR) is 125 cm³/mol. The van der Waals surface area contributed by atoms with Crippen LogP contribution >= 0.6 is 31.1 Å². The van der Waals surface area contributed by atoms with E-state index in [9.17, 15) is 9.69 Å². The molecule has 2 heterocycles. The maximum atomic E-state index is 12.4. The molecule has 0 unspecified atom stereocenters. The molecule has 0 saturated carbocycles. The molecule has 1 saturated heterocycles. The van der Waals surface area contributed by atoms with E-state index in [2.05, 4.69) is 10.5 Å². The molecule has 168 valence electrons. The predicted octanol–water partition coefficient (Wildman–Crippen LogP) is 5.91. The number of hydrogen-bond donors (Lipinski definition) is 2. The maximum absolute atomic E-state index is 12.4. The van der Waals surface area contributed by atoms with E-state index in [0.29, 0.717) is 52.9 Å². The van der Waals surface area contributed by atoms with Gasteiger partial charge in [-0.25, -0.2) is 0 Å². The quantitative estimate of drug-likeness (QED) is 0.395. The fourth-order valence-corrected chi connectivity index (χ4v) is 5.64. The fourth-order valence-electron chi connectivity index (χ4n) is 3.36. The van der Waals surface area contributed by atoms with Gasteiger partial charge >= 0.3 is 7.94 Å². The van der Waals surface area contributed by atoms with Crippen LogP contribution in [0, 0.1) is 0 Å². The second-order valence-electron chi connectivity index (χ2n) is 7.40. The Hall–Kier alpha value is -1.99. The summed E-state index contributed by atoms with van der Waals surface area (Å²) in [4.78, 5) is 22.8. The Bertz CT molecular complexity index is 1060. The van der Waals surface area contributed by atoms with E-state index in [-0.39, 0.29) is 12.3 Å². The minimum atomic E-state index is -2.82. The average Bonchev–Trinajstić information content (AvgIpc) is 3.22. The molecule has 1 aliphatic rings. The summed E-state index contributed by atoms with van der Waals surface area (Å²) in [5, 5.41) is 7.71. The highest BCUT2D eigenvalue weighted by Gasteiger charge is 2.43. The van der Waals surface area contributed by atoms with Crippen LogP contribution in [0.15, 0.2) is 53.2 Å². The third kappa shape index (κ3) is 6.07. The molecule has 3 aromatic rings. The van der Waals surface area contributed by atoms with Crippen LogP contribution in [-0.4, -0.2) is 29.2 Å². The molecule has 2 aromatic carbocycles. The van der Waals surface area contributed by atoms with Gasteiger partial charge in [0.1, 0.15) is 0 Å². The Morgan fingerprint density at radius 3 is 2.47 bits per heavy atom. The molecule has 4 rings (SSSR count). The van der Waals surface area contributed by atoms with E-state index in [1.807, 2.05) is 12.1 Å². The van der Waals surface area contributed by atoms with Gasteiger partial charge < -0.3 is 9.84 Å². The first-order valence-electron chi connectivity index (χ1n) is 10.1. The van der Waals surface area contributed by atoms with E-state index < -0.39 is 7.94 Å². The number of carbonyl (C=O) groups is 1. The summed E-state index contributed by atoms with van der Waals surface area (Å²) < 4.78 is 16.2. The zero-order valence-electron chi connectivity index (χ0n) is 17.1. The highest BCUT2D eigenvalue weighted by molar-refractivity contribution is 7.59. The molecule has 0 atom stereocenters. The molecule has 2 N–H and O–H groups in total. The minimum Gasteiger partial charge on any atom is -0.356 e. The van der Waals surface area contributed by atoms with Crippen molar-refractivity contribution in [2.24, 2.45) is 0 Å². The van der Waals surface area contributed by atoms with Gasteiger partial charge in [0, 0.05) is 39.7 Å². The smallest absolute Gasteiger partial charge is 0.356 e. The summed E-state index contributed by atoms with van der Waals surface area (Å²) in [6.45, 7) is 1.02. The van der Waals surface area contributed by atoms with Crippen LogP contribution in [0.3, 0.4) is 0 Å². The minimum absolute atomic E-state index is 0.140. The molecule has 1 aromatic heterocycles. The lowest BCUT2D eigenvalue weighted by atomic mass is 10.1. The number of carbonyl (C=O) groups excluding carboxylic acids is 1. The number of anilines is 1. The van der Waals surface area contributed by atoms with Crippen molar-refractivity contribution in [2.75, 3.05) is 18.5 Å². The van der Waals surface area contributed by atoms with E-state index in [4.69, 9.17) is 36.8 Å². The lowest BCUT2D eigenvalue weighted by Crippen LogP contribution is -2.14. The van der Waals surface area contributed by atoms with E-state index >= 15 is 0 Å².